The lowest BCUT2D eigenvalue weighted by Crippen LogP contribution is -2.30. The molecule has 0 radical (unpaired) electrons. The van der Waals surface area contributed by atoms with E-state index in [-0.39, 0.29) is 29.4 Å². The molecule has 1 aromatic rings. The topological polar surface area (TPSA) is 78.4 Å². The maximum absolute atomic E-state index is 12.2. The molecule has 0 bridgehead atoms. The fraction of sp³-hybridized carbons (Fsp3) is 0.467. The van der Waals surface area contributed by atoms with Crippen molar-refractivity contribution in [2.24, 2.45) is 0 Å². The molecule has 1 aliphatic rings. The molecule has 3 N–H and O–H groups in total. The summed E-state index contributed by atoms with van der Waals surface area (Å²) >= 11 is 1.37. The first-order chi connectivity index (χ1) is 10.2. The molecule has 1 heterocycles. The summed E-state index contributed by atoms with van der Waals surface area (Å²) < 4.78 is 0. The molecule has 6 heteroatoms. The van der Waals surface area contributed by atoms with Crippen LogP contribution in [0.5, 0.6) is 0 Å². The lowest BCUT2D eigenvalue weighted by molar-refractivity contribution is -0.118. The maximum atomic E-state index is 12.2. The largest absolute Gasteiger partial charge is 0.396 e. The smallest absolute Gasteiger partial charge is 0.237 e. The van der Waals surface area contributed by atoms with Crippen LogP contribution in [0.25, 0.3) is 0 Å². The van der Waals surface area contributed by atoms with Crippen molar-refractivity contribution in [2.45, 2.75) is 24.5 Å². The number of aryl methyl sites for hydroxylation is 1. The van der Waals surface area contributed by atoms with Crippen LogP contribution in [0, 0.1) is 0 Å². The van der Waals surface area contributed by atoms with Crippen LogP contribution >= 0.6 is 11.8 Å². The normalized spacial score (nSPS) is 17.6. The number of carbonyl (C=O) groups is 2. The molecule has 1 unspecified atom stereocenters. The number of rotatable bonds is 6. The van der Waals surface area contributed by atoms with Gasteiger partial charge in [0.15, 0.2) is 0 Å². The number of hydrogen-bond acceptors (Lipinski definition) is 4. The molecular formula is C15H20N2O3S. The fourth-order valence-corrected chi connectivity index (χ4v) is 3.13. The number of nitrogens with one attached hydrogen (secondary N) is 2. The van der Waals surface area contributed by atoms with Crippen LogP contribution in [0.3, 0.4) is 0 Å². The van der Waals surface area contributed by atoms with Gasteiger partial charge in [-0.25, -0.2) is 0 Å². The van der Waals surface area contributed by atoms with Crippen LogP contribution in [-0.4, -0.2) is 41.1 Å². The Labute approximate surface area is 128 Å². The molecular weight excluding hydrogens is 288 g/mol. The molecule has 0 saturated heterocycles. The highest BCUT2D eigenvalue weighted by atomic mass is 32.2. The summed E-state index contributed by atoms with van der Waals surface area (Å²) in [6.45, 7) is 0.537. The van der Waals surface area contributed by atoms with E-state index >= 15 is 0 Å². The molecule has 1 atom stereocenters. The van der Waals surface area contributed by atoms with Gasteiger partial charge in [0.2, 0.25) is 11.8 Å². The Bertz CT molecular complexity index is 507. The average Bonchev–Trinajstić information content (AvgIpc) is 2.64. The second-order valence-corrected chi connectivity index (χ2v) is 6.10. The third kappa shape index (κ3) is 4.75. The van der Waals surface area contributed by atoms with Gasteiger partial charge in [0.25, 0.3) is 0 Å². The van der Waals surface area contributed by atoms with Crippen LogP contribution < -0.4 is 10.6 Å². The second kappa shape index (κ2) is 8.05. The summed E-state index contributed by atoms with van der Waals surface area (Å²) in [5.74, 6) is 0.135. The number of carbonyl (C=O) groups excluding carboxylic acids is 2. The van der Waals surface area contributed by atoms with E-state index in [4.69, 9.17) is 5.11 Å². The minimum atomic E-state index is -0.207. The Hall–Kier alpha value is -1.53. The molecule has 0 aromatic heterocycles. The van der Waals surface area contributed by atoms with Gasteiger partial charge in [0.1, 0.15) is 0 Å². The van der Waals surface area contributed by atoms with Gasteiger partial charge >= 0.3 is 0 Å². The maximum Gasteiger partial charge on any atom is 0.237 e. The average molecular weight is 308 g/mol. The third-order valence-electron chi connectivity index (χ3n) is 3.32. The zero-order chi connectivity index (χ0) is 15.1. The molecule has 21 heavy (non-hydrogen) atoms. The summed E-state index contributed by atoms with van der Waals surface area (Å²) in [6, 6.07) is 7.79. The quantitative estimate of drug-likeness (QED) is 0.689. The number of fused-ring (bicyclic) bond motifs is 1. The Balaban J connectivity index is 1.82. The van der Waals surface area contributed by atoms with E-state index in [0.717, 1.165) is 24.1 Å². The zero-order valence-corrected chi connectivity index (χ0v) is 12.6. The highest BCUT2D eigenvalue weighted by Crippen LogP contribution is 2.26. The Morgan fingerprint density at radius 2 is 2.24 bits per heavy atom. The van der Waals surface area contributed by atoms with Crippen molar-refractivity contribution in [3.8, 4) is 0 Å². The van der Waals surface area contributed by atoms with Crippen LogP contribution in [-0.2, 0) is 16.0 Å². The molecule has 1 aromatic carbocycles. The van der Waals surface area contributed by atoms with Crippen molar-refractivity contribution in [1.82, 2.24) is 5.32 Å². The highest BCUT2D eigenvalue weighted by Gasteiger charge is 2.24. The predicted octanol–water partition coefficient (Wildman–Crippen LogP) is 1.17. The molecule has 114 valence electrons. The Kier molecular flexibility index (Phi) is 6.07. The number of aliphatic hydroxyl groups is 1. The summed E-state index contributed by atoms with van der Waals surface area (Å²) in [6.07, 6.45) is 2.12. The van der Waals surface area contributed by atoms with Gasteiger partial charge in [-0.3, -0.25) is 9.59 Å². The standard InChI is InChI=1S/C15H20N2O3S/c18-9-3-8-16-14(19)10-21-13-7-6-11-4-1-2-5-12(11)17-15(13)20/h1-2,4-5,13,18H,3,6-10H2,(H,16,19)(H,17,20). The minimum absolute atomic E-state index is 0.0342. The van der Waals surface area contributed by atoms with Gasteiger partial charge < -0.3 is 15.7 Å². The van der Waals surface area contributed by atoms with Gasteiger partial charge in [-0.2, -0.15) is 0 Å². The lowest BCUT2D eigenvalue weighted by Gasteiger charge is -2.12. The number of hydrogen-bond donors (Lipinski definition) is 3. The van der Waals surface area contributed by atoms with Crippen molar-refractivity contribution >= 4 is 29.3 Å². The van der Waals surface area contributed by atoms with Crippen molar-refractivity contribution in [3.05, 3.63) is 29.8 Å². The van der Waals surface area contributed by atoms with Gasteiger partial charge in [0, 0.05) is 18.8 Å². The SMILES string of the molecule is O=C(CSC1CCc2ccccc2NC1=O)NCCCO. The first kappa shape index (κ1) is 15.9. The number of amides is 2. The van der Waals surface area contributed by atoms with E-state index in [1.54, 1.807) is 0 Å². The van der Waals surface area contributed by atoms with Gasteiger partial charge in [-0.05, 0) is 30.9 Å². The monoisotopic (exact) mass is 308 g/mol. The Morgan fingerprint density at radius 3 is 3.05 bits per heavy atom. The van der Waals surface area contributed by atoms with E-state index in [1.807, 2.05) is 24.3 Å². The molecule has 0 saturated carbocycles. The first-order valence-corrected chi connectivity index (χ1v) is 8.13. The van der Waals surface area contributed by atoms with Crippen LogP contribution in [0.15, 0.2) is 24.3 Å². The minimum Gasteiger partial charge on any atom is -0.396 e. The van der Waals surface area contributed by atoms with E-state index in [9.17, 15) is 9.59 Å². The lowest BCUT2D eigenvalue weighted by atomic mass is 10.1. The zero-order valence-electron chi connectivity index (χ0n) is 11.8. The van der Waals surface area contributed by atoms with E-state index < -0.39 is 0 Å². The summed E-state index contributed by atoms with van der Waals surface area (Å²) in [4.78, 5) is 23.8. The van der Waals surface area contributed by atoms with Crippen molar-refractivity contribution in [2.75, 3.05) is 24.2 Å². The number of anilines is 1. The van der Waals surface area contributed by atoms with E-state index in [0.29, 0.717) is 13.0 Å². The van der Waals surface area contributed by atoms with E-state index in [1.165, 1.54) is 11.8 Å². The van der Waals surface area contributed by atoms with Gasteiger partial charge in [-0.15, -0.1) is 11.8 Å². The van der Waals surface area contributed by atoms with Crippen molar-refractivity contribution < 1.29 is 14.7 Å². The molecule has 0 aliphatic carbocycles. The number of para-hydroxylation sites is 1. The summed E-state index contributed by atoms with van der Waals surface area (Å²) in [5, 5.41) is 14.1. The van der Waals surface area contributed by atoms with Crippen LogP contribution in [0.1, 0.15) is 18.4 Å². The van der Waals surface area contributed by atoms with Crippen LogP contribution in [0.4, 0.5) is 5.69 Å². The Morgan fingerprint density at radius 1 is 1.43 bits per heavy atom. The van der Waals surface area contributed by atoms with Crippen molar-refractivity contribution in [1.29, 1.82) is 0 Å². The molecule has 0 spiro atoms. The second-order valence-electron chi connectivity index (χ2n) is 4.91. The number of thioether (sulfide) groups is 1. The molecule has 2 rings (SSSR count). The predicted molar refractivity (Wildman–Crippen MR) is 84.4 cm³/mol. The third-order valence-corrected chi connectivity index (χ3v) is 4.60. The van der Waals surface area contributed by atoms with Gasteiger partial charge in [0.05, 0.1) is 11.0 Å². The molecule has 5 nitrogen and oxygen atoms in total. The van der Waals surface area contributed by atoms with E-state index in [2.05, 4.69) is 10.6 Å². The summed E-state index contributed by atoms with van der Waals surface area (Å²) in [7, 11) is 0. The first-order valence-electron chi connectivity index (χ1n) is 7.08. The number of benzene rings is 1. The molecule has 1 aliphatic heterocycles. The summed E-state index contributed by atoms with van der Waals surface area (Å²) in [5.41, 5.74) is 2.01. The number of aliphatic hydroxyl groups excluding tert-OH is 1. The molecule has 0 fully saturated rings. The highest BCUT2D eigenvalue weighted by molar-refractivity contribution is 8.01. The van der Waals surface area contributed by atoms with Gasteiger partial charge in [-0.1, -0.05) is 18.2 Å². The molecule has 2 amide bonds. The van der Waals surface area contributed by atoms with Crippen molar-refractivity contribution in [3.63, 3.8) is 0 Å². The fourth-order valence-electron chi connectivity index (χ4n) is 2.18. The van der Waals surface area contributed by atoms with Crippen LogP contribution in [0.2, 0.25) is 0 Å².